The number of aryl methyl sites for hydroxylation is 2. The van der Waals surface area contributed by atoms with Crippen LogP contribution >= 0.6 is 0 Å². The molecule has 1 unspecified atom stereocenters. The van der Waals surface area contributed by atoms with E-state index in [0.717, 1.165) is 24.2 Å². The second kappa shape index (κ2) is 5.78. The predicted molar refractivity (Wildman–Crippen MR) is 70.2 cm³/mol. The Balaban J connectivity index is 2.03. The maximum Gasteiger partial charge on any atom is 0.0875 e. The van der Waals surface area contributed by atoms with Gasteiger partial charge in [0.25, 0.3) is 0 Å². The SMILES string of the molecule is CCc1ccc(CC(O)c2cnn(CC)c2)nc1. The summed E-state index contributed by atoms with van der Waals surface area (Å²) >= 11 is 0. The van der Waals surface area contributed by atoms with Gasteiger partial charge in [-0.25, -0.2) is 0 Å². The number of aliphatic hydroxyl groups excluding tert-OH is 1. The van der Waals surface area contributed by atoms with Gasteiger partial charge in [0.15, 0.2) is 0 Å². The van der Waals surface area contributed by atoms with Gasteiger partial charge in [0.1, 0.15) is 0 Å². The number of pyridine rings is 1. The van der Waals surface area contributed by atoms with E-state index in [4.69, 9.17) is 0 Å². The number of aromatic nitrogens is 3. The third-order valence-electron chi connectivity index (χ3n) is 3.06. The first-order valence-corrected chi connectivity index (χ1v) is 6.37. The van der Waals surface area contributed by atoms with E-state index in [1.165, 1.54) is 5.56 Å². The van der Waals surface area contributed by atoms with Crippen LogP contribution in [0.1, 0.15) is 36.8 Å². The first-order chi connectivity index (χ1) is 8.72. The van der Waals surface area contributed by atoms with Crippen molar-refractivity contribution in [2.24, 2.45) is 0 Å². The topological polar surface area (TPSA) is 50.9 Å². The number of hydrogen-bond acceptors (Lipinski definition) is 3. The van der Waals surface area contributed by atoms with Crippen molar-refractivity contribution in [3.63, 3.8) is 0 Å². The van der Waals surface area contributed by atoms with Gasteiger partial charge < -0.3 is 5.11 Å². The quantitative estimate of drug-likeness (QED) is 0.878. The Bertz CT molecular complexity index is 490. The van der Waals surface area contributed by atoms with E-state index in [1.54, 1.807) is 6.20 Å². The van der Waals surface area contributed by atoms with Gasteiger partial charge in [-0.05, 0) is 25.0 Å². The number of nitrogens with zero attached hydrogens (tertiary/aromatic N) is 3. The maximum absolute atomic E-state index is 10.1. The molecule has 2 aromatic heterocycles. The third kappa shape index (κ3) is 2.96. The first kappa shape index (κ1) is 12.8. The fraction of sp³-hybridized carbons (Fsp3) is 0.429. The second-order valence-corrected chi connectivity index (χ2v) is 4.36. The maximum atomic E-state index is 10.1. The Morgan fingerprint density at radius 2 is 2.11 bits per heavy atom. The van der Waals surface area contributed by atoms with Crippen LogP contribution in [0.5, 0.6) is 0 Å². The average molecular weight is 245 g/mol. The fourth-order valence-corrected chi connectivity index (χ4v) is 1.83. The number of hydrogen-bond donors (Lipinski definition) is 1. The molecule has 0 bridgehead atoms. The lowest BCUT2D eigenvalue weighted by atomic mass is 10.1. The second-order valence-electron chi connectivity index (χ2n) is 4.36. The molecule has 1 atom stereocenters. The molecule has 2 aromatic rings. The molecule has 0 saturated heterocycles. The van der Waals surface area contributed by atoms with Crippen molar-refractivity contribution in [1.82, 2.24) is 14.8 Å². The van der Waals surface area contributed by atoms with E-state index in [9.17, 15) is 5.11 Å². The van der Waals surface area contributed by atoms with Crippen LogP contribution in [0.3, 0.4) is 0 Å². The minimum Gasteiger partial charge on any atom is -0.388 e. The largest absolute Gasteiger partial charge is 0.388 e. The molecule has 18 heavy (non-hydrogen) atoms. The van der Waals surface area contributed by atoms with E-state index in [1.807, 2.05) is 30.1 Å². The molecule has 4 heteroatoms. The monoisotopic (exact) mass is 245 g/mol. The molecule has 0 aliphatic carbocycles. The molecule has 0 aliphatic heterocycles. The smallest absolute Gasteiger partial charge is 0.0875 e. The molecular formula is C14H19N3O. The van der Waals surface area contributed by atoms with E-state index in [0.29, 0.717) is 6.42 Å². The molecule has 0 radical (unpaired) electrons. The van der Waals surface area contributed by atoms with Crippen molar-refractivity contribution >= 4 is 0 Å². The molecule has 0 fully saturated rings. The van der Waals surface area contributed by atoms with Gasteiger partial charge in [-0.2, -0.15) is 5.10 Å². The highest BCUT2D eigenvalue weighted by Crippen LogP contribution is 2.16. The van der Waals surface area contributed by atoms with Crippen molar-refractivity contribution in [1.29, 1.82) is 0 Å². The van der Waals surface area contributed by atoms with Gasteiger partial charge in [-0.15, -0.1) is 0 Å². The zero-order chi connectivity index (χ0) is 13.0. The molecule has 4 nitrogen and oxygen atoms in total. The zero-order valence-corrected chi connectivity index (χ0v) is 10.9. The van der Waals surface area contributed by atoms with Crippen molar-refractivity contribution < 1.29 is 5.11 Å². The normalized spacial score (nSPS) is 12.6. The standard InChI is InChI=1S/C14H19N3O/c1-3-11-5-6-13(15-8-11)7-14(18)12-9-16-17(4-2)10-12/h5-6,8-10,14,18H,3-4,7H2,1-2H3. The van der Waals surface area contributed by atoms with E-state index in [-0.39, 0.29) is 0 Å². The summed E-state index contributed by atoms with van der Waals surface area (Å²) in [5.41, 5.74) is 2.97. The Kier molecular flexibility index (Phi) is 4.10. The van der Waals surface area contributed by atoms with Crippen LogP contribution in [-0.2, 0) is 19.4 Å². The average Bonchev–Trinajstić information content (AvgIpc) is 2.88. The summed E-state index contributed by atoms with van der Waals surface area (Å²) in [4.78, 5) is 4.35. The van der Waals surface area contributed by atoms with Crippen LogP contribution in [0.15, 0.2) is 30.7 Å². The molecule has 0 spiro atoms. The number of aliphatic hydroxyl groups is 1. The van der Waals surface area contributed by atoms with Crippen LogP contribution in [0.25, 0.3) is 0 Å². The summed E-state index contributed by atoms with van der Waals surface area (Å²) in [6.45, 7) is 4.94. The van der Waals surface area contributed by atoms with Crippen molar-refractivity contribution in [2.45, 2.75) is 39.3 Å². The van der Waals surface area contributed by atoms with Gasteiger partial charge in [0, 0.05) is 36.6 Å². The van der Waals surface area contributed by atoms with Crippen molar-refractivity contribution in [3.05, 3.63) is 47.5 Å². The Morgan fingerprint density at radius 3 is 2.67 bits per heavy atom. The van der Waals surface area contributed by atoms with Gasteiger partial charge in [0.05, 0.1) is 12.3 Å². The lowest BCUT2D eigenvalue weighted by Gasteiger charge is -2.08. The van der Waals surface area contributed by atoms with Gasteiger partial charge in [-0.3, -0.25) is 9.67 Å². The highest BCUT2D eigenvalue weighted by atomic mass is 16.3. The summed E-state index contributed by atoms with van der Waals surface area (Å²) < 4.78 is 1.81. The van der Waals surface area contributed by atoms with E-state index < -0.39 is 6.10 Å². The molecule has 96 valence electrons. The minimum absolute atomic E-state index is 0.527. The molecule has 0 aliphatic rings. The third-order valence-corrected chi connectivity index (χ3v) is 3.06. The molecule has 2 rings (SSSR count). The minimum atomic E-state index is -0.537. The van der Waals surface area contributed by atoms with E-state index in [2.05, 4.69) is 23.1 Å². The summed E-state index contributed by atoms with van der Waals surface area (Å²) in [5.74, 6) is 0. The molecule has 1 N–H and O–H groups in total. The molecule has 0 aromatic carbocycles. The fourth-order valence-electron chi connectivity index (χ4n) is 1.83. The lowest BCUT2D eigenvalue weighted by Crippen LogP contribution is -2.03. The summed E-state index contributed by atoms with van der Waals surface area (Å²) in [6.07, 6.45) is 6.45. The van der Waals surface area contributed by atoms with Crippen LogP contribution in [-0.4, -0.2) is 19.9 Å². The Labute approximate surface area is 107 Å². The van der Waals surface area contributed by atoms with Gasteiger partial charge in [-0.1, -0.05) is 13.0 Å². The predicted octanol–water partition coefficient (Wildman–Crippen LogP) is 2.14. The molecule has 0 amide bonds. The Morgan fingerprint density at radius 1 is 1.28 bits per heavy atom. The zero-order valence-electron chi connectivity index (χ0n) is 10.9. The van der Waals surface area contributed by atoms with Gasteiger partial charge in [0.2, 0.25) is 0 Å². The lowest BCUT2D eigenvalue weighted by molar-refractivity contribution is 0.177. The van der Waals surface area contributed by atoms with Crippen LogP contribution < -0.4 is 0 Å². The summed E-state index contributed by atoms with van der Waals surface area (Å²) in [7, 11) is 0. The highest BCUT2D eigenvalue weighted by molar-refractivity contribution is 5.17. The molecular weight excluding hydrogens is 226 g/mol. The Hall–Kier alpha value is -1.68. The molecule has 2 heterocycles. The van der Waals surface area contributed by atoms with Crippen LogP contribution in [0, 0.1) is 0 Å². The van der Waals surface area contributed by atoms with Crippen LogP contribution in [0.2, 0.25) is 0 Å². The van der Waals surface area contributed by atoms with E-state index >= 15 is 0 Å². The summed E-state index contributed by atoms with van der Waals surface area (Å²) in [5, 5.41) is 14.3. The first-order valence-electron chi connectivity index (χ1n) is 6.37. The van der Waals surface area contributed by atoms with Crippen LogP contribution in [0.4, 0.5) is 0 Å². The highest BCUT2D eigenvalue weighted by Gasteiger charge is 2.11. The summed E-state index contributed by atoms with van der Waals surface area (Å²) in [6, 6.07) is 4.04. The number of rotatable bonds is 5. The van der Waals surface area contributed by atoms with Crippen molar-refractivity contribution in [2.75, 3.05) is 0 Å². The van der Waals surface area contributed by atoms with Crippen molar-refractivity contribution in [3.8, 4) is 0 Å². The van der Waals surface area contributed by atoms with Gasteiger partial charge >= 0.3 is 0 Å². The molecule has 0 saturated carbocycles.